The van der Waals surface area contributed by atoms with Crippen molar-refractivity contribution in [2.24, 2.45) is 5.92 Å². The molecule has 7 heteroatoms. The summed E-state index contributed by atoms with van der Waals surface area (Å²) in [4.78, 5) is 27.4. The Morgan fingerprint density at radius 2 is 1.81 bits per heavy atom. The molecule has 0 radical (unpaired) electrons. The zero-order valence-electron chi connectivity index (χ0n) is 18.6. The maximum absolute atomic E-state index is 13.1. The SMILES string of the molecule is COc1cccc(CN(C(=O)CSCc2cccc(Cl)c2)C(C)C(=O)NCC(C)C)c1. The number of nitrogens with one attached hydrogen (secondary N) is 1. The topological polar surface area (TPSA) is 58.6 Å². The van der Waals surface area contributed by atoms with Gasteiger partial charge >= 0.3 is 0 Å². The maximum Gasteiger partial charge on any atom is 0.242 e. The van der Waals surface area contributed by atoms with Gasteiger partial charge in [0.1, 0.15) is 11.8 Å². The summed E-state index contributed by atoms with van der Waals surface area (Å²) in [6.07, 6.45) is 0. The molecule has 2 aromatic rings. The summed E-state index contributed by atoms with van der Waals surface area (Å²) in [5, 5.41) is 3.61. The fourth-order valence-electron chi connectivity index (χ4n) is 2.97. The summed E-state index contributed by atoms with van der Waals surface area (Å²) < 4.78 is 5.30. The second-order valence-electron chi connectivity index (χ2n) is 7.81. The number of halogens is 1. The van der Waals surface area contributed by atoms with Crippen LogP contribution in [0.15, 0.2) is 48.5 Å². The predicted molar refractivity (Wildman–Crippen MR) is 128 cm³/mol. The van der Waals surface area contributed by atoms with Gasteiger partial charge in [-0.1, -0.05) is 49.7 Å². The van der Waals surface area contributed by atoms with Crippen molar-refractivity contribution >= 4 is 35.2 Å². The standard InChI is InChI=1S/C24H31ClN2O3S/c1-17(2)13-26-24(29)18(3)27(14-19-7-6-10-22(12-19)30-4)23(28)16-31-15-20-8-5-9-21(25)11-20/h5-12,17-18H,13-16H2,1-4H3,(H,26,29). The highest BCUT2D eigenvalue weighted by atomic mass is 35.5. The molecule has 1 atom stereocenters. The van der Waals surface area contributed by atoms with Gasteiger partial charge in [-0.15, -0.1) is 11.8 Å². The summed E-state index contributed by atoms with van der Waals surface area (Å²) in [5.41, 5.74) is 1.98. The molecule has 2 amide bonds. The molecule has 0 spiro atoms. The first kappa shape index (κ1) is 25.1. The van der Waals surface area contributed by atoms with Crippen molar-refractivity contribution in [1.82, 2.24) is 10.2 Å². The molecule has 0 saturated carbocycles. The van der Waals surface area contributed by atoms with Crippen LogP contribution in [-0.2, 0) is 21.9 Å². The molecule has 1 N–H and O–H groups in total. The van der Waals surface area contributed by atoms with Gasteiger partial charge in [-0.2, -0.15) is 0 Å². The van der Waals surface area contributed by atoms with Crippen LogP contribution in [0.1, 0.15) is 31.9 Å². The zero-order valence-corrected chi connectivity index (χ0v) is 20.1. The van der Waals surface area contributed by atoms with Crippen molar-refractivity contribution in [3.05, 3.63) is 64.7 Å². The first-order chi connectivity index (χ1) is 14.8. The average molecular weight is 463 g/mol. The second-order valence-corrected chi connectivity index (χ2v) is 9.23. The van der Waals surface area contributed by atoms with Gasteiger partial charge in [0.25, 0.3) is 0 Å². The van der Waals surface area contributed by atoms with Crippen LogP contribution in [0.2, 0.25) is 5.02 Å². The Balaban J connectivity index is 2.08. The van der Waals surface area contributed by atoms with Crippen molar-refractivity contribution in [2.75, 3.05) is 19.4 Å². The number of nitrogens with zero attached hydrogens (tertiary/aromatic N) is 1. The van der Waals surface area contributed by atoms with Gasteiger partial charge in [0.15, 0.2) is 0 Å². The molecule has 2 aromatic carbocycles. The number of amides is 2. The fourth-order valence-corrected chi connectivity index (χ4v) is 4.04. The number of ether oxygens (including phenoxy) is 1. The van der Waals surface area contributed by atoms with E-state index in [1.165, 1.54) is 11.8 Å². The molecule has 168 valence electrons. The van der Waals surface area contributed by atoms with Gasteiger partial charge in [0.2, 0.25) is 11.8 Å². The van der Waals surface area contributed by atoms with E-state index in [0.717, 1.165) is 16.9 Å². The minimum Gasteiger partial charge on any atom is -0.497 e. The molecule has 0 fully saturated rings. The van der Waals surface area contributed by atoms with Crippen LogP contribution in [0.5, 0.6) is 5.75 Å². The maximum atomic E-state index is 13.1. The van der Waals surface area contributed by atoms with Crippen LogP contribution in [-0.4, -0.2) is 42.2 Å². The summed E-state index contributed by atoms with van der Waals surface area (Å²) in [6, 6.07) is 14.6. The van der Waals surface area contributed by atoms with Crippen LogP contribution in [0, 0.1) is 5.92 Å². The lowest BCUT2D eigenvalue weighted by Crippen LogP contribution is -2.48. The lowest BCUT2D eigenvalue weighted by atomic mass is 10.1. The van der Waals surface area contributed by atoms with Crippen LogP contribution in [0.4, 0.5) is 0 Å². The Morgan fingerprint density at radius 1 is 1.10 bits per heavy atom. The van der Waals surface area contributed by atoms with Gasteiger partial charge in [0.05, 0.1) is 12.9 Å². The third-order valence-electron chi connectivity index (χ3n) is 4.72. The normalized spacial score (nSPS) is 11.8. The van der Waals surface area contributed by atoms with Gasteiger partial charge in [-0.05, 0) is 48.2 Å². The Hall–Kier alpha value is -2.18. The second kappa shape index (κ2) is 12.6. The molecule has 2 rings (SSSR count). The molecule has 0 aliphatic carbocycles. The van der Waals surface area contributed by atoms with Gasteiger partial charge < -0.3 is 15.0 Å². The molecular weight excluding hydrogens is 432 g/mol. The van der Waals surface area contributed by atoms with E-state index in [4.69, 9.17) is 16.3 Å². The number of hydrogen-bond acceptors (Lipinski definition) is 4. The van der Waals surface area contributed by atoms with Crippen LogP contribution >= 0.6 is 23.4 Å². The first-order valence-electron chi connectivity index (χ1n) is 10.3. The fraction of sp³-hybridized carbons (Fsp3) is 0.417. The lowest BCUT2D eigenvalue weighted by molar-refractivity contribution is -0.138. The zero-order chi connectivity index (χ0) is 22.8. The molecule has 0 saturated heterocycles. The molecule has 5 nitrogen and oxygen atoms in total. The van der Waals surface area contributed by atoms with E-state index in [-0.39, 0.29) is 17.6 Å². The lowest BCUT2D eigenvalue weighted by Gasteiger charge is -2.29. The van der Waals surface area contributed by atoms with Crippen molar-refractivity contribution in [3.8, 4) is 5.75 Å². The highest BCUT2D eigenvalue weighted by molar-refractivity contribution is 7.99. The first-order valence-corrected chi connectivity index (χ1v) is 11.9. The van der Waals surface area contributed by atoms with Crippen LogP contribution in [0.25, 0.3) is 0 Å². The molecule has 0 aliphatic rings. The molecule has 0 aromatic heterocycles. The van der Waals surface area contributed by atoms with E-state index in [9.17, 15) is 9.59 Å². The molecule has 1 unspecified atom stereocenters. The molecule has 0 bridgehead atoms. The molecule has 0 aliphatic heterocycles. The van der Waals surface area contributed by atoms with Crippen LogP contribution in [0.3, 0.4) is 0 Å². The number of carbonyl (C=O) groups is 2. The number of rotatable bonds is 11. The minimum atomic E-state index is -0.579. The summed E-state index contributed by atoms with van der Waals surface area (Å²) >= 11 is 7.55. The predicted octanol–water partition coefficient (Wildman–Crippen LogP) is 4.77. The Labute approximate surface area is 194 Å². The van der Waals surface area contributed by atoms with Gasteiger partial charge in [-0.3, -0.25) is 9.59 Å². The summed E-state index contributed by atoms with van der Waals surface area (Å²) in [5.74, 6) is 1.78. The summed E-state index contributed by atoms with van der Waals surface area (Å²) in [7, 11) is 1.61. The van der Waals surface area contributed by atoms with E-state index in [0.29, 0.717) is 29.8 Å². The van der Waals surface area contributed by atoms with Crippen molar-refractivity contribution in [2.45, 2.75) is 39.1 Å². The van der Waals surface area contributed by atoms with Crippen molar-refractivity contribution in [1.29, 1.82) is 0 Å². The number of hydrogen-bond donors (Lipinski definition) is 1. The third kappa shape index (κ3) is 8.46. The number of thioether (sulfide) groups is 1. The van der Waals surface area contributed by atoms with Crippen molar-refractivity contribution in [3.63, 3.8) is 0 Å². The quantitative estimate of drug-likeness (QED) is 0.522. The van der Waals surface area contributed by atoms with Gasteiger partial charge in [0, 0.05) is 23.9 Å². The Kier molecular flexibility index (Phi) is 10.2. The molecule has 31 heavy (non-hydrogen) atoms. The Morgan fingerprint density at radius 3 is 2.48 bits per heavy atom. The summed E-state index contributed by atoms with van der Waals surface area (Å²) in [6.45, 7) is 6.76. The van der Waals surface area contributed by atoms with E-state index in [1.54, 1.807) is 18.9 Å². The van der Waals surface area contributed by atoms with Crippen molar-refractivity contribution < 1.29 is 14.3 Å². The van der Waals surface area contributed by atoms with Gasteiger partial charge in [-0.25, -0.2) is 0 Å². The number of benzene rings is 2. The largest absolute Gasteiger partial charge is 0.497 e. The number of methoxy groups -OCH3 is 1. The highest BCUT2D eigenvalue weighted by Crippen LogP contribution is 2.20. The number of carbonyl (C=O) groups excluding carboxylic acids is 2. The minimum absolute atomic E-state index is 0.0814. The Bertz CT molecular complexity index is 875. The van der Waals surface area contributed by atoms with E-state index < -0.39 is 6.04 Å². The molecular formula is C24H31ClN2O3S. The van der Waals surface area contributed by atoms with E-state index >= 15 is 0 Å². The van der Waals surface area contributed by atoms with E-state index in [2.05, 4.69) is 5.32 Å². The smallest absolute Gasteiger partial charge is 0.242 e. The average Bonchev–Trinajstić information content (AvgIpc) is 2.75. The van der Waals surface area contributed by atoms with E-state index in [1.807, 2.05) is 62.4 Å². The third-order valence-corrected chi connectivity index (χ3v) is 5.95. The highest BCUT2D eigenvalue weighted by Gasteiger charge is 2.26. The van der Waals surface area contributed by atoms with Crippen LogP contribution < -0.4 is 10.1 Å². The molecule has 0 heterocycles. The monoisotopic (exact) mass is 462 g/mol.